The Balaban J connectivity index is 1.51. The van der Waals surface area contributed by atoms with Crippen molar-refractivity contribution in [2.75, 3.05) is 11.9 Å². The van der Waals surface area contributed by atoms with Crippen LogP contribution in [0.1, 0.15) is 16.8 Å². The monoisotopic (exact) mass is 342 g/mol. The van der Waals surface area contributed by atoms with E-state index < -0.39 is 0 Å². The molecule has 1 aromatic heterocycles. The van der Waals surface area contributed by atoms with Gasteiger partial charge in [0, 0.05) is 18.2 Å². The molecular formula is C21H18N4O. The average molecular weight is 342 g/mol. The molecule has 0 radical (unpaired) electrons. The van der Waals surface area contributed by atoms with E-state index in [2.05, 4.69) is 22.4 Å². The summed E-state index contributed by atoms with van der Waals surface area (Å²) < 4.78 is 1.80. The number of amides is 1. The topological polar surface area (TPSA) is 51.0 Å². The number of benzene rings is 2. The Hall–Kier alpha value is -3.47. The van der Waals surface area contributed by atoms with Gasteiger partial charge in [-0.25, -0.2) is 4.68 Å². The van der Waals surface area contributed by atoms with Crippen LogP contribution in [-0.4, -0.2) is 27.9 Å². The van der Waals surface area contributed by atoms with Crippen molar-refractivity contribution < 1.29 is 4.79 Å². The van der Waals surface area contributed by atoms with E-state index in [0.29, 0.717) is 12.1 Å². The molecule has 0 aliphatic carbocycles. The van der Waals surface area contributed by atoms with E-state index in [4.69, 9.17) is 0 Å². The quantitative estimate of drug-likeness (QED) is 0.683. The van der Waals surface area contributed by atoms with Gasteiger partial charge in [0.2, 0.25) is 0 Å². The first-order valence-corrected chi connectivity index (χ1v) is 8.42. The van der Waals surface area contributed by atoms with Crippen LogP contribution in [0.2, 0.25) is 0 Å². The number of anilines is 1. The predicted octanol–water partition coefficient (Wildman–Crippen LogP) is 3.40. The van der Waals surface area contributed by atoms with Crippen molar-refractivity contribution in [1.82, 2.24) is 15.0 Å². The molecule has 0 unspecified atom stereocenters. The zero-order valence-corrected chi connectivity index (χ0v) is 14.4. The summed E-state index contributed by atoms with van der Waals surface area (Å²) in [4.78, 5) is 14.1. The summed E-state index contributed by atoms with van der Waals surface area (Å²) in [6.45, 7) is 0.680. The van der Waals surface area contributed by atoms with Gasteiger partial charge in [0.25, 0.3) is 5.91 Å². The molecule has 2 heterocycles. The molecule has 2 aromatic carbocycles. The number of hydrogen-bond donors (Lipinski definition) is 0. The smallest absolute Gasteiger partial charge is 0.258 e. The fourth-order valence-corrected chi connectivity index (χ4v) is 3.04. The number of aromatic nitrogens is 3. The fraction of sp³-hybridized carbons (Fsp3) is 0.0952. The van der Waals surface area contributed by atoms with Gasteiger partial charge >= 0.3 is 0 Å². The lowest BCUT2D eigenvalue weighted by Gasteiger charge is -2.07. The normalized spacial score (nSPS) is 15.2. The van der Waals surface area contributed by atoms with Crippen LogP contribution in [0.3, 0.4) is 0 Å². The Morgan fingerprint density at radius 3 is 2.65 bits per heavy atom. The summed E-state index contributed by atoms with van der Waals surface area (Å²) in [6, 6.07) is 17.9. The molecule has 5 heteroatoms. The lowest BCUT2D eigenvalue weighted by molar-refractivity contribution is -0.112. The molecule has 0 saturated carbocycles. The molecule has 5 nitrogen and oxygen atoms in total. The van der Waals surface area contributed by atoms with Crippen molar-refractivity contribution in [3.63, 3.8) is 0 Å². The minimum Gasteiger partial charge on any atom is -0.311 e. The third kappa shape index (κ3) is 3.07. The number of likely N-dealkylation sites (N-methyl/N-ethyl adjacent to an activating group) is 1. The number of fused-ring (bicyclic) bond motifs is 1. The number of rotatable bonds is 4. The van der Waals surface area contributed by atoms with E-state index in [1.165, 1.54) is 5.56 Å². The van der Waals surface area contributed by atoms with Crippen molar-refractivity contribution in [3.8, 4) is 0 Å². The first kappa shape index (κ1) is 16.0. The number of carbonyl (C=O) groups is 1. The highest BCUT2D eigenvalue weighted by Crippen LogP contribution is 2.35. The van der Waals surface area contributed by atoms with Crippen LogP contribution in [0.5, 0.6) is 0 Å². The molecular weight excluding hydrogens is 324 g/mol. The molecule has 128 valence electrons. The van der Waals surface area contributed by atoms with Crippen molar-refractivity contribution in [2.24, 2.45) is 0 Å². The van der Waals surface area contributed by atoms with Gasteiger partial charge in [-0.05, 0) is 23.8 Å². The molecule has 0 fully saturated rings. The van der Waals surface area contributed by atoms with Gasteiger partial charge < -0.3 is 4.90 Å². The minimum atomic E-state index is 0.00332. The van der Waals surface area contributed by atoms with Crippen LogP contribution >= 0.6 is 0 Å². The van der Waals surface area contributed by atoms with E-state index in [-0.39, 0.29) is 5.91 Å². The van der Waals surface area contributed by atoms with Crippen LogP contribution in [0.4, 0.5) is 5.69 Å². The highest BCUT2D eigenvalue weighted by Gasteiger charge is 2.28. The fourth-order valence-electron chi connectivity index (χ4n) is 3.04. The molecule has 26 heavy (non-hydrogen) atoms. The third-order valence-electron chi connectivity index (χ3n) is 4.36. The SMILES string of the molecule is CN1C(=O)/C(=C\C=C\c2cn(Cc3ccccc3)nn2)c2ccccc21. The molecule has 0 spiro atoms. The van der Waals surface area contributed by atoms with Crippen molar-refractivity contribution in [2.45, 2.75) is 6.54 Å². The predicted molar refractivity (Wildman–Crippen MR) is 102 cm³/mol. The Bertz CT molecular complexity index is 1000. The van der Waals surface area contributed by atoms with Crippen LogP contribution < -0.4 is 4.90 Å². The molecule has 4 rings (SSSR count). The third-order valence-corrected chi connectivity index (χ3v) is 4.36. The van der Waals surface area contributed by atoms with E-state index >= 15 is 0 Å². The van der Waals surface area contributed by atoms with Crippen molar-refractivity contribution >= 4 is 23.2 Å². The van der Waals surface area contributed by atoms with E-state index in [1.807, 2.05) is 66.9 Å². The zero-order valence-electron chi connectivity index (χ0n) is 14.4. The van der Waals surface area contributed by atoms with E-state index in [9.17, 15) is 4.79 Å². The molecule has 1 aliphatic rings. The van der Waals surface area contributed by atoms with E-state index in [0.717, 1.165) is 16.9 Å². The van der Waals surface area contributed by atoms with Gasteiger partial charge in [-0.2, -0.15) is 0 Å². The maximum absolute atomic E-state index is 12.4. The summed E-state index contributed by atoms with van der Waals surface area (Å²) in [7, 11) is 1.79. The van der Waals surface area contributed by atoms with Gasteiger partial charge in [0.1, 0.15) is 5.69 Å². The summed E-state index contributed by atoms with van der Waals surface area (Å²) in [5, 5.41) is 8.30. The molecule has 1 amide bonds. The van der Waals surface area contributed by atoms with Gasteiger partial charge in [0.15, 0.2) is 0 Å². The second-order valence-corrected chi connectivity index (χ2v) is 6.15. The number of para-hydroxylation sites is 1. The number of allylic oxidation sites excluding steroid dienone is 2. The first-order valence-electron chi connectivity index (χ1n) is 8.42. The molecule has 0 bridgehead atoms. The van der Waals surface area contributed by atoms with Gasteiger partial charge in [-0.1, -0.05) is 59.8 Å². The van der Waals surface area contributed by atoms with Crippen molar-refractivity contribution in [3.05, 3.63) is 89.8 Å². The van der Waals surface area contributed by atoms with Crippen molar-refractivity contribution in [1.29, 1.82) is 0 Å². The Morgan fingerprint density at radius 1 is 1.04 bits per heavy atom. The lowest BCUT2D eigenvalue weighted by atomic mass is 10.1. The zero-order chi connectivity index (χ0) is 17.9. The second kappa shape index (κ2) is 6.80. The maximum Gasteiger partial charge on any atom is 0.258 e. The summed E-state index contributed by atoms with van der Waals surface area (Å²) in [6.07, 6.45) is 7.43. The Morgan fingerprint density at radius 2 is 1.81 bits per heavy atom. The Kier molecular flexibility index (Phi) is 4.19. The summed E-state index contributed by atoms with van der Waals surface area (Å²) in [5.74, 6) is 0.00332. The average Bonchev–Trinajstić information content (AvgIpc) is 3.21. The van der Waals surface area contributed by atoms with Crippen LogP contribution in [0, 0.1) is 0 Å². The van der Waals surface area contributed by atoms with Crippen LogP contribution in [0.15, 0.2) is 72.9 Å². The van der Waals surface area contributed by atoms with Crippen LogP contribution in [0.25, 0.3) is 11.6 Å². The summed E-state index contributed by atoms with van der Waals surface area (Å²) >= 11 is 0. The van der Waals surface area contributed by atoms with Crippen LogP contribution in [-0.2, 0) is 11.3 Å². The van der Waals surface area contributed by atoms with Gasteiger partial charge in [-0.15, -0.1) is 5.10 Å². The number of carbonyl (C=O) groups excluding carboxylic acids is 1. The highest BCUT2D eigenvalue weighted by molar-refractivity contribution is 6.32. The standard InChI is InChI=1S/C21H18N4O/c1-24-20-13-6-5-11-18(20)19(21(24)26)12-7-10-17-15-25(23-22-17)14-16-8-3-2-4-9-16/h2-13,15H,14H2,1H3/b10-7+,19-12-. The molecule has 1 aliphatic heterocycles. The second-order valence-electron chi connectivity index (χ2n) is 6.15. The molecule has 0 saturated heterocycles. The minimum absolute atomic E-state index is 0.00332. The number of hydrogen-bond acceptors (Lipinski definition) is 3. The molecule has 3 aromatic rings. The summed E-state index contributed by atoms with van der Waals surface area (Å²) in [5.41, 5.74) is 4.51. The first-order chi connectivity index (χ1) is 12.7. The van der Waals surface area contributed by atoms with E-state index in [1.54, 1.807) is 16.6 Å². The molecule has 0 atom stereocenters. The maximum atomic E-state index is 12.4. The lowest BCUT2D eigenvalue weighted by Crippen LogP contribution is -2.20. The number of nitrogens with zero attached hydrogens (tertiary/aromatic N) is 4. The largest absolute Gasteiger partial charge is 0.311 e. The highest BCUT2D eigenvalue weighted by atomic mass is 16.2. The van der Waals surface area contributed by atoms with Gasteiger partial charge in [-0.3, -0.25) is 4.79 Å². The Labute approximate surface area is 151 Å². The van der Waals surface area contributed by atoms with Gasteiger partial charge in [0.05, 0.1) is 18.4 Å². The molecule has 0 N–H and O–H groups in total.